The maximum Gasteiger partial charge on any atom is 0.416 e. The Labute approximate surface area is 104 Å². The van der Waals surface area contributed by atoms with E-state index in [0.717, 1.165) is 30.4 Å². The number of benzene rings is 1. The molecule has 0 amide bonds. The molecule has 2 atom stereocenters. The van der Waals surface area contributed by atoms with E-state index in [1.807, 2.05) is 0 Å². The second kappa shape index (κ2) is 4.52. The van der Waals surface area contributed by atoms with Crippen LogP contribution in [0.15, 0.2) is 18.2 Å². The zero-order chi connectivity index (χ0) is 12.6. The van der Waals surface area contributed by atoms with Gasteiger partial charge < -0.3 is 0 Å². The van der Waals surface area contributed by atoms with Gasteiger partial charge in [-0.2, -0.15) is 13.2 Å². The lowest BCUT2D eigenvalue weighted by Crippen LogP contribution is -2.07. The highest BCUT2D eigenvalue weighted by Gasteiger charge is 2.32. The molecule has 1 fully saturated rings. The zero-order valence-corrected chi connectivity index (χ0v) is 10.3. The molecule has 0 heterocycles. The molecule has 4 heteroatoms. The standard InChI is InChI=1S/C13H14ClF3/c1-8-6-10(13(15,16)17)3-5-12(8)9-2-4-11(14)7-9/h3,5-6,9,11H,2,4,7H2,1H3. The fourth-order valence-electron chi connectivity index (χ4n) is 2.52. The minimum atomic E-state index is -4.26. The van der Waals surface area contributed by atoms with Crippen molar-refractivity contribution < 1.29 is 13.2 Å². The van der Waals surface area contributed by atoms with E-state index >= 15 is 0 Å². The smallest absolute Gasteiger partial charge is 0.166 e. The van der Waals surface area contributed by atoms with Gasteiger partial charge in [0, 0.05) is 5.38 Å². The van der Waals surface area contributed by atoms with Crippen LogP contribution in [-0.2, 0) is 6.18 Å². The molecular weight excluding hydrogens is 249 g/mol. The first kappa shape index (κ1) is 12.7. The molecule has 17 heavy (non-hydrogen) atoms. The lowest BCUT2D eigenvalue weighted by atomic mass is 9.92. The minimum Gasteiger partial charge on any atom is -0.166 e. The van der Waals surface area contributed by atoms with E-state index in [1.165, 1.54) is 12.1 Å². The van der Waals surface area contributed by atoms with Gasteiger partial charge in [-0.3, -0.25) is 0 Å². The first-order valence-electron chi connectivity index (χ1n) is 5.69. The van der Waals surface area contributed by atoms with Crippen molar-refractivity contribution in [3.05, 3.63) is 34.9 Å². The third-order valence-electron chi connectivity index (χ3n) is 3.41. The Morgan fingerprint density at radius 1 is 1.24 bits per heavy atom. The van der Waals surface area contributed by atoms with Crippen LogP contribution in [0.5, 0.6) is 0 Å². The number of aryl methyl sites for hydroxylation is 1. The topological polar surface area (TPSA) is 0 Å². The van der Waals surface area contributed by atoms with Crippen LogP contribution < -0.4 is 0 Å². The van der Waals surface area contributed by atoms with Crippen LogP contribution in [-0.4, -0.2) is 5.38 Å². The predicted molar refractivity (Wildman–Crippen MR) is 62.4 cm³/mol. The van der Waals surface area contributed by atoms with Gasteiger partial charge >= 0.3 is 6.18 Å². The summed E-state index contributed by atoms with van der Waals surface area (Å²) in [5.74, 6) is 0.319. The lowest BCUT2D eigenvalue weighted by molar-refractivity contribution is -0.137. The second-order valence-electron chi connectivity index (χ2n) is 4.68. The summed E-state index contributed by atoms with van der Waals surface area (Å²) in [4.78, 5) is 0. The highest BCUT2D eigenvalue weighted by Crippen LogP contribution is 2.39. The van der Waals surface area contributed by atoms with E-state index < -0.39 is 11.7 Å². The third-order valence-corrected chi connectivity index (χ3v) is 3.80. The molecule has 0 bridgehead atoms. The van der Waals surface area contributed by atoms with Crippen molar-refractivity contribution in [1.82, 2.24) is 0 Å². The molecule has 0 N–H and O–H groups in total. The molecule has 0 radical (unpaired) electrons. The molecule has 0 aliphatic heterocycles. The highest BCUT2D eigenvalue weighted by atomic mass is 35.5. The first-order chi connectivity index (χ1) is 7.88. The molecule has 1 aliphatic rings. The van der Waals surface area contributed by atoms with Gasteiger partial charge in [0.1, 0.15) is 0 Å². The summed E-state index contributed by atoms with van der Waals surface area (Å²) in [5, 5.41) is 0.168. The summed E-state index contributed by atoms with van der Waals surface area (Å²) in [6, 6.07) is 4.01. The van der Waals surface area contributed by atoms with Gasteiger partial charge in [0.2, 0.25) is 0 Å². The van der Waals surface area contributed by atoms with Gasteiger partial charge in [0.25, 0.3) is 0 Å². The van der Waals surface area contributed by atoms with Crippen molar-refractivity contribution in [2.75, 3.05) is 0 Å². The van der Waals surface area contributed by atoms with Gasteiger partial charge in [0.05, 0.1) is 5.56 Å². The Hall–Kier alpha value is -0.700. The van der Waals surface area contributed by atoms with Crippen molar-refractivity contribution in [2.24, 2.45) is 0 Å². The van der Waals surface area contributed by atoms with Crippen LogP contribution in [0.2, 0.25) is 0 Å². The fourth-order valence-corrected chi connectivity index (χ4v) is 2.86. The summed E-state index contributed by atoms with van der Waals surface area (Å²) >= 11 is 6.03. The lowest BCUT2D eigenvalue weighted by Gasteiger charge is -2.15. The summed E-state index contributed by atoms with van der Waals surface area (Å²) < 4.78 is 37.6. The maximum atomic E-state index is 12.5. The van der Waals surface area contributed by atoms with Crippen LogP contribution in [0.4, 0.5) is 13.2 Å². The van der Waals surface area contributed by atoms with Gasteiger partial charge in [-0.25, -0.2) is 0 Å². The number of hydrogen-bond acceptors (Lipinski definition) is 0. The van der Waals surface area contributed by atoms with Crippen LogP contribution in [0.1, 0.15) is 41.9 Å². The van der Waals surface area contributed by atoms with Crippen LogP contribution in [0.25, 0.3) is 0 Å². The largest absolute Gasteiger partial charge is 0.416 e. The van der Waals surface area contributed by atoms with Crippen molar-refractivity contribution >= 4 is 11.6 Å². The van der Waals surface area contributed by atoms with Crippen LogP contribution in [0, 0.1) is 6.92 Å². The molecule has 0 saturated heterocycles. The molecule has 2 rings (SSSR count). The van der Waals surface area contributed by atoms with Crippen molar-refractivity contribution in [2.45, 2.75) is 43.7 Å². The average Bonchev–Trinajstić information content (AvgIpc) is 2.63. The molecule has 0 nitrogen and oxygen atoms in total. The monoisotopic (exact) mass is 262 g/mol. The van der Waals surface area contributed by atoms with E-state index in [1.54, 1.807) is 13.0 Å². The Bertz CT molecular complexity index is 412. The number of rotatable bonds is 1. The molecular formula is C13H14ClF3. The Balaban J connectivity index is 2.26. The number of halogens is 4. The Morgan fingerprint density at radius 2 is 1.94 bits per heavy atom. The summed E-state index contributed by atoms with van der Waals surface area (Å²) in [7, 11) is 0. The van der Waals surface area contributed by atoms with Gasteiger partial charge in [-0.1, -0.05) is 6.07 Å². The predicted octanol–water partition coefficient (Wildman–Crippen LogP) is 4.89. The van der Waals surface area contributed by atoms with E-state index in [0.29, 0.717) is 5.92 Å². The van der Waals surface area contributed by atoms with Crippen LogP contribution >= 0.6 is 11.6 Å². The SMILES string of the molecule is Cc1cc(C(F)(F)F)ccc1C1CCC(Cl)C1. The third kappa shape index (κ3) is 2.76. The van der Waals surface area contributed by atoms with E-state index in [4.69, 9.17) is 11.6 Å². The minimum absolute atomic E-state index is 0.168. The van der Waals surface area contributed by atoms with Gasteiger partial charge in [-0.15, -0.1) is 11.6 Å². The van der Waals surface area contributed by atoms with E-state index in [9.17, 15) is 13.2 Å². The quantitative estimate of drug-likeness (QED) is 0.632. The first-order valence-corrected chi connectivity index (χ1v) is 6.13. The molecule has 1 aromatic carbocycles. The molecule has 94 valence electrons. The molecule has 0 spiro atoms. The van der Waals surface area contributed by atoms with Crippen molar-refractivity contribution in [3.63, 3.8) is 0 Å². The van der Waals surface area contributed by atoms with Crippen molar-refractivity contribution in [3.8, 4) is 0 Å². The highest BCUT2D eigenvalue weighted by molar-refractivity contribution is 6.20. The second-order valence-corrected chi connectivity index (χ2v) is 5.29. The molecule has 1 saturated carbocycles. The molecule has 2 unspecified atom stereocenters. The normalized spacial score (nSPS) is 25.2. The Morgan fingerprint density at radius 3 is 2.41 bits per heavy atom. The Kier molecular flexibility index (Phi) is 3.39. The van der Waals surface area contributed by atoms with Gasteiger partial charge in [0.15, 0.2) is 0 Å². The zero-order valence-electron chi connectivity index (χ0n) is 9.52. The summed E-state index contributed by atoms with van der Waals surface area (Å²) in [5.41, 5.74) is 1.16. The average molecular weight is 263 g/mol. The maximum absolute atomic E-state index is 12.5. The van der Waals surface area contributed by atoms with Crippen molar-refractivity contribution in [1.29, 1.82) is 0 Å². The molecule has 1 aliphatic carbocycles. The van der Waals surface area contributed by atoms with E-state index in [2.05, 4.69) is 0 Å². The number of hydrogen-bond donors (Lipinski definition) is 0. The fraction of sp³-hybridized carbons (Fsp3) is 0.538. The van der Waals surface area contributed by atoms with Gasteiger partial charge in [-0.05, 0) is 55.4 Å². The number of alkyl halides is 4. The van der Waals surface area contributed by atoms with E-state index in [-0.39, 0.29) is 5.38 Å². The molecule has 1 aromatic rings. The van der Waals surface area contributed by atoms with Crippen LogP contribution in [0.3, 0.4) is 0 Å². The summed E-state index contributed by atoms with van der Waals surface area (Å²) in [6.45, 7) is 1.74. The summed E-state index contributed by atoms with van der Waals surface area (Å²) in [6.07, 6.45) is -1.46. The molecule has 0 aromatic heterocycles.